The predicted molar refractivity (Wildman–Crippen MR) is 102 cm³/mol. The maximum absolute atomic E-state index is 12.0. The molecule has 2 amide bonds. The van der Waals surface area contributed by atoms with Gasteiger partial charge < -0.3 is 15.4 Å². The third-order valence-corrected chi connectivity index (χ3v) is 4.36. The Kier molecular flexibility index (Phi) is 7.01. The lowest BCUT2D eigenvalue weighted by molar-refractivity contribution is -0.118. The van der Waals surface area contributed by atoms with Gasteiger partial charge in [0.15, 0.2) is 6.61 Å². The van der Waals surface area contributed by atoms with Crippen LogP contribution in [0.15, 0.2) is 46.9 Å². The molecule has 0 heterocycles. The Hall–Kier alpha value is -2.34. The third kappa shape index (κ3) is 5.90. The van der Waals surface area contributed by atoms with Gasteiger partial charge in [-0.25, -0.2) is 0 Å². The third-order valence-electron chi connectivity index (χ3n) is 3.47. The van der Waals surface area contributed by atoms with Crippen molar-refractivity contribution in [3.63, 3.8) is 0 Å². The molecule has 0 saturated carbocycles. The molecule has 2 aromatic carbocycles. The number of carbonyl (C=O) groups excluding carboxylic acids is 2. The number of anilines is 1. The van der Waals surface area contributed by atoms with E-state index in [9.17, 15) is 9.59 Å². The summed E-state index contributed by atoms with van der Waals surface area (Å²) in [6.07, 6.45) is 0.887. The highest BCUT2D eigenvalue weighted by molar-refractivity contribution is 9.10. The zero-order valence-electron chi connectivity index (χ0n) is 14.3. The number of aryl methyl sites for hydroxylation is 1. The number of amides is 2. The molecule has 0 bridgehead atoms. The largest absolute Gasteiger partial charge is 0.484 e. The van der Waals surface area contributed by atoms with Crippen LogP contribution in [0.1, 0.15) is 29.3 Å². The molecule has 0 unspecified atom stereocenters. The minimum Gasteiger partial charge on any atom is -0.484 e. The van der Waals surface area contributed by atoms with Gasteiger partial charge >= 0.3 is 0 Å². The van der Waals surface area contributed by atoms with Crippen molar-refractivity contribution in [3.05, 3.63) is 58.1 Å². The normalized spacial score (nSPS) is 10.2. The number of nitrogens with one attached hydrogen (secondary N) is 2. The van der Waals surface area contributed by atoms with E-state index in [4.69, 9.17) is 4.74 Å². The second-order valence-electron chi connectivity index (χ2n) is 5.58. The number of hydrogen-bond acceptors (Lipinski definition) is 3. The summed E-state index contributed by atoms with van der Waals surface area (Å²) in [4.78, 5) is 23.8. The maximum atomic E-state index is 12.0. The van der Waals surface area contributed by atoms with Gasteiger partial charge in [-0.15, -0.1) is 0 Å². The highest BCUT2D eigenvalue weighted by atomic mass is 79.9. The van der Waals surface area contributed by atoms with Crippen molar-refractivity contribution in [1.29, 1.82) is 0 Å². The lowest BCUT2D eigenvalue weighted by atomic mass is 10.2. The summed E-state index contributed by atoms with van der Waals surface area (Å²) >= 11 is 3.42. The Bertz CT molecular complexity index is 745. The van der Waals surface area contributed by atoms with Gasteiger partial charge in [-0.1, -0.05) is 22.9 Å². The van der Waals surface area contributed by atoms with Crippen molar-refractivity contribution < 1.29 is 14.3 Å². The Morgan fingerprint density at radius 2 is 1.84 bits per heavy atom. The molecule has 132 valence electrons. The first-order valence-electron chi connectivity index (χ1n) is 8.06. The number of hydrogen-bond donors (Lipinski definition) is 2. The molecule has 0 aromatic heterocycles. The minimum atomic E-state index is -0.260. The molecular weight excluding hydrogens is 384 g/mol. The molecule has 2 rings (SSSR count). The predicted octanol–water partition coefficient (Wildman–Crippen LogP) is 3.91. The Morgan fingerprint density at radius 3 is 2.48 bits per heavy atom. The fraction of sp³-hybridized carbons (Fsp3) is 0.263. The molecule has 6 heteroatoms. The summed E-state index contributed by atoms with van der Waals surface area (Å²) in [6, 6.07) is 12.3. The monoisotopic (exact) mass is 404 g/mol. The van der Waals surface area contributed by atoms with Gasteiger partial charge in [0, 0.05) is 22.3 Å². The molecule has 2 N–H and O–H groups in total. The summed E-state index contributed by atoms with van der Waals surface area (Å²) in [7, 11) is 0. The van der Waals surface area contributed by atoms with E-state index >= 15 is 0 Å². The first kappa shape index (κ1) is 19.0. The quantitative estimate of drug-likeness (QED) is 0.734. The van der Waals surface area contributed by atoms with Crippen molar-refractivity contribution in [1.82, 2.24) is 5.32 Å². The SMILES string of the molecule is CCCNC(=O)c1ccc(NC(=O)COc2ccc(Br)c(C)c2)cc1. The van der Waals surface area contributed by atoms with Gasteiger partial charge in [-0.05, 0) is 61.4 Å². The van der Waals surface area contributed by atoms with Crippen LogP contribution in [0.5, 0.6) is 5.75 Å². The lowest BCUT2D eigenvalue weighted by Gasteiger charge is -2.09. The number of carbonyl (C=O) groups is 2. The standard InChI is InChI=1S/C19H21BrN2O3/c1-3-10-21-19(24)14-4-6-15(7-5-14)22-18(23)12-25-16-8-9-17(20)13(2)11-16/h4-9,11H,3,10,12H2,1-2H3,(H,21,24)(H,22,23). The van der Waals surface area contributed by atoms with Crippen molar-refractivity contribution in [2.45, 2.75) is 20.3 Å². The average molecular weight is 405 g/mol. The molecule has 0 atom stereocenters. The van der Waals surface area contributed by atoms with Crippen LogP contribution in [-0.4, -0.2) is 25.0 Å². The zero-order valence-corrected chi connectivity index (χ0v) is 15.9. The van der Waals surface area contributed by atoms with Gasteiger partial charge in [0.05, 0.1) is 0 Å². The van der Waals surface area contributed by atoms with Crippen LogP contribution in [0.2, 0.25) is 0 Å². The van der Waals surface area contributed by atoms with Gasteiger partial charge in [-0.2, -0.15) is 0 Å². The first-order chi connectivity index (χ1) is 12.0. The summed E-state index contributed by atoms with van der Waals surface area (Å²) in [5, 5.41) is 5.55. The summed E-state index contributed by atoms with van der Waals surface area (Å²) < 4.78 is 6.48. The van der Waals surface area contributed by atoms with E-state index in [0.717, 1.165) is 16.5 Å². The average Bonchev–Trinajstić information content (AvgIpc) is 2.61. The minimum absolute atomic E-state index is 0.0835. The zero-order chi connectivity index (χ0) is 18.2. The van der Waals surface area contributed by atoms with Gasteiger partial charge in [0.25, 0.3) is 11.8 Å². The molecule has 0 aliphatic carbocycles. The number of halogens is 1. The van der Waals surface area contributed by atoms with Crippen molar-refractivity contribution in [2.75, 3.05) is 18.5 Å². The van der Waals surface area contributed by atoms with E-state index in [-0.39, 0.29) is 18.4 Å². The van der Waals surface area contributed by atoms with Crippen molar-refractivity contribution >= 4 is 33.4 Å². The highest BCUT2D eigenvalue weighted by Gasteiger charge is 2.07. The topological polar surface area (TPSA) is 67.4 Å². The fourth-order valence-corrected chi connectivity index (χ4v) is 2.35. The molecule has 25 heavy (non-hydrogen) atoms. The van der Waals surface area contributed by atoms with Crippen LogP contribution in [0, 0.1) is 6.92 Å². The van der Waals surface area contributed by atoms with E-state index in [1.807, 2.05) is 26.0 Å². The van der Waals surface area contributed by atoms with Crippen LogP contribution >= 0.6 is 15.9 Å². The molecular formula is C19H21BrN2O3. The molecule has 0 saturated heterocycles. The molecule has 2 aromatic rings. The fourth-order valence-electron chi connectivity index (χ4n) is 2.10. The second kappa shape index (κ2) is 9.22. The highest BCUT2D eigenvalue weighted by Crippen LogP contribution is 2.21. The smallest absolute Gasteiger partial charge is 0.262 e. The van der Waals surface area contributed by atoms with Crippen LogP contribution in [0.25, 0.3) is 0 Å². The van der Waals surface area contributed by atoms with Crippen LogP contribution in [0.4, 0.5) is 5.69 Å². The Labute approximate surface area is 155 Å². The summed E-state index contributed by atoms with van der Waals surface area (Å²) in [5.74, 6) is 0.260. The van der Waals surface area contributed by atoms with Gasteiger partial charge in [0.2, 0.25) is 0 Å². The van der Waals surface area contributed by atoms with E-state index in [0.29, 0.717) is 23.5 Å². The van der Waals surface area contributed by atoms with Gasteiger partial charge in [-0.3, -0.25) is 9.59 Å². The van der Waals surface area contributed by atoms with E-state index < -0.39 is 0 Å². The van der Waals surface area contributed by atoms with Gasteiger partial charge in [0.1, 0.15) is 5.75 Å². The molecule has 0 fully saturated rings. The van der Waals surface area contributed by atoms with Crippen LogP contribution in [-0.2, 0) is 4.79 Å². The molecule has 0 aliphatic rings. The molecule has 0 radical (unpaired) electrons. The Balaban J connectivity index is 1.85. The van der Waals surface area contributed by atoms with Crippen molar-refractivity contribution in [2.24, 2.45) is 0 Å². The van der Waals surface area contributed by atoms with Crippen molar-refractivity contribution in [3.8, 4) is 5.75 Å². The van der Waals surface area contributed by atoms with Crippen LogP contribution < -0.4 is 15.4 Å². The number of benzene rings is 2. The Morgan fingerprint density at radius 1 is 1.12 bits per heavy atom. The van der Waals surface area contributed by atoms with E-state index in [2.05, 4.69) is 26.6 Å². The van der Waals surface area contributed by atoms with Crippen LogP contribution in [0.3, 0.4) is 0 Å². The number of ether oxygens (including phenoxy) is 1. The summed E-state index contributed by atoms with van der Waals surface area (Å²) in [6.45, 7) is 4.51. The second-order valence-corrected chi connectivity index (χ2v) is 6.44. The molecule has 5 nitrogen and oxygen atoms in total. The van der Waals surface area contributed by atoms with E-state index in [1.165, 1.54) is 0 Å². The molecule has 0 spiro atoms. The maximum Gasteiger partial charge on any atom is 0.262 e. The summed E-state index contributed by atoms with van der Waals surface area (Å²) in [5.41, 5.74) is 2.22. The lowest BCUT2D eigenvalue weighted by Crippen LogP contribution is -2.24. The first-order valence-corrected chi connectivity index (χ1v) is 8.86. The van der Waals surface area contributed by atoms with E-state index in [1.54, 1.807) is 30.3 Å². The number of rotatable bonds is 7. The molecule has 0 aliphatic heterocycles.